The van der Waals surface area contributed by atoms with Crippen LogP contribution in [-0.2, 0) is 11.3 Å². The van der Waals surface area contributed by atoms with E-state index in [1.54, 1.807) is 18.2 Å². The minimum atomic E-state index is -3.79. The van der Waals surface area contributed by atoms with E-state index in [9.17, 15) is 18.7 Å². The first kappa shape index (κ1) is 14.4. The van der Waals surface area contributed by atoms with E-state index in [1.165, 1.54) is 6.07 Å². The number of alkyl halides is 2. The van der Waals surface area contributed by atoms with Crippen molar-refractivity contribution in [3.05, 3.63) is 35.4 Å². The van der Waals surface area contributed by atoms with Crippen LogP contribution in [0.3, 0.4) is 0 Å². The number of benzene rings is 1. The lowest BCUT2D eigenvalue weighted by atomic mass is 9.75. The lowest BCUT2D eigenvalue weighted by molar-refractivity contribution is -0.216. The predicted molar refractivity (Wildman–Crippen MR) is 66.8 cm³/mol. The second kappa shape index (κ2) is 5.17. The van der Waals surface area contributed by atoms with Gasteiger partial charge < -0.3 is 10.4 Å². The maximum Gasteiger partial charge on any atom is 0.352 e. The molecule has 2 rings (SSSR count). The third-order valence-electron chi connectivity index (χ3n) is 3.56. The van der Waals surface area contributed by atoms with Crippen LogP contribution < -0.4 is 5.32 Å². The smallest absolute Gasteiger partial charge is 0.352 e. The molecule has 1 saturated carbocycles. The van der Waals surface area contributed by atoms with Crippen LogP contribution in [0.5, 0.6) is 0 Å². The Morgan fingerprint density at radius 2 is 2.20 bits per heavy atom. The first-order chi connectivity index (χ1) is 9.39. The number of nitriles is 1. The predicted octanol–water partition coefficient (Wildman–Crippen LogP) is 1.72. The number of carbonyl (C=O) groups is 1. The molecule has 1 aromatic carbocycles. The van der Waals surface area contributed by atoms with Gasteiger partial charge in [-0.15, -0.1) is 0 Å². The second-order valence-corrected chi connectivity index (χ2v) is 4.95. The van der Waals surface area contributed by atoms with Crippen molar-refractivity contribution in [2.45, 2.75) is 37.3 Å². The lowest BCUT2D eigenvalue weighted by Gasteiger charge is -2.41. The topological polar surface area (TPSA) is 73.1 Å². The Morgan fingerprint density at radius 1 is 1.50 bits per heavy atom. The molecule has 1 amide bonds. The van der Waals surface area contributed by atoms with E-state index in [2.05, 4.69) is 5.32 Å². The van der Waals surface area contributed by atoms with E-state index < -0.39 is 17.4 Å². The average molecular weight is 280 g/mol. The van der Waals surface area contributed by atoms with Gasteiger partial charge in [0.25, 0.3) is 5.91 Å². The number of nitrogens with zero attached hydrogens (tertiary/aromatic N) is 1. The van der Waals surface area contributed by atoms with Crippen LogP contribution in [-0.4, -0.2) is 22.5 Å². The summed E-state index contributed by atoms with van der Waals surface area (Å²) in [6.45, 7) is -0.111. The quantitative estimate of drug-likeness (QED) is 0.882. The summed E-state index contributed by atoms with van der Waals surface area (Å²) in [4.78, 5) is 11.5. The standard InChI is InChI=1S/C14H14F2N2O2/c15-14(16,13(20)5-2-6-13)12(19)18-9-11-4-1-3-10(7-11)8-17/h1,3-4,7,20H,2,5-6,9H2,(H,18,19). The molecule has 1 aliphatic rings. The molecule has 0 bridgehead atoms. The van der Waals surface area contributed by atoms with E-state index in [-0.39, 0.29) is 19.4 Å². The number of nitrogens with one attached hydrogen (secondary N) is 1. The molecule has 1 aliphatic carbocycles. The van der Waals surface area contributed by atoms with Gasteiger partial charge in [0.2, 0.25) is 0 Å². The summed E-state index contributed by atoms with van der Waals surface area (Å²) >= 11 is 0. The Balaban J connectivity index is 2.00. The molecule has 4 nitrogen and oxygen atoms in total. The van der Waals surface area contributed by atoms with Crippen molar-refractivity contribution in [1.82, 2.24) is 5.32 Å². The van der Waals surface area contributed by atoms with Gasteiger partial charge in [0.1, 0.15) is 5.60 Å². The zero-order valence-electron chi connectivity index (χ0n) is 10.7. The van der Waals surface area contributed by atoms with E-state index in [4.69, 9.17) is 5.26 Å². The summed E-state index contributed by atoms with van der Waals surface area (Å²) < 4.78 is 27.6. The highest BCUT2D eigenvalue weighted by molar-refractivity contribution is 5.85. The lowest BCUT2D eigenvalue weighted by Crippen LogP contribution is -2.60. The van der Waals surface area contributed by atoms with Crippen molar-refractivity contribution in [2.24, 2.45) is 0 Å². The highest BCUT2D eigenvalue weighted by atomic mass is 19.3. The number of carbonyl (C=O) groups excluding carboxylic acids is 1. The molecular weight excluding hydrogens is 266 g/mol. The van der Waals surface area contributed by atoms with Crippen molar-refractivity contribution >= 4 is 5.91 Å². The van der Waals surface area contributed by atoms with Crippen LogP contribution in [0.15, 0.2) is 24.3 Å². The Hall–Kier alpha value is -2.00. The molecule has 106 valence electrons. The number of amides is 1. The molecule has 2 N–H and O–H groups in total. The molecule has 0 unspecified atom stereocenters. The highest BCUT2D eigenvalue weighted by Gasteiger charge is 2.60. The molecule has 0 saturated heterocycles. The van der Waals surface area contributed by atoms with Crippen LogP contribution in [0.2, 0.25) is 0 Å². The number of halogens is 2. The number of rotatable bonds is 4. The minimum absolute atomic E-state index is 0.0721. The third-order valence-corrected chi connectivity index (χ3v) is 3.56. The fourth-order valence-electron chi connectivity index (χ4n) is 2.08. The summed E-state index contributed by atoms with van der Waals surface area (Å²) in [5, 5.41) is 20.5. The third kappa shape index (κ3) is 2.49. The molecule has 20 heavy (non-hydrogen) atoms. The van der Waals surface area contributed by atoms with Gasteiger partial charge >= 0.3 is 5.92 Å². The second-order valence-electron chi connectivity index (χ2n) is 4.95. The van der Waals surface area contributed by atoms with Gasteiger partial charge in [-0.2, -0.15) is 14.0 Å². The molecule has 0 radical (unpaired) electrons. The van der Waals surface area contributed by atoms with Gasteiger partial charge in [-0.3, -0.25) is 4.79 Å². The van der Waals surface area contributed by atoms with Crippen LogP contribution >= 0.6 is 0 Å². The minimum Gasteiger partial charge on any atom is -0.383 e. The van der Waals surface area contributed by atoms with Gasteiger partial charge in [-0.05, 0) is 37.0 Å². The molecule has 0 aromatic heterocycles. The normalized spacial score (nSPS) is 16.9. The maximum atomic E-state index is 13.8. The van der Waals surface area contributed by atoms with Gasteiger partial charge in [0.05, 0.1) is 11.6 Å². The van der Waals surface area contributed by atoms with E-state index in [0.29, 0.717) is 17.5 Å². The highest BCUT2D eigenvalue weighted by Crippen LogP contribution is 2.44. The monoisotopic (exact) mass is 280 g/mol. The molecular formula is C14H14F2N2O2. The van der Waals surface area contributed by atoms with Crippen LogP contribution in [0, 0.1) is 11.3 Å². The summed E-state index contributed by atoms with van der Waals surface area (Å²) in [7, 11) is 0. The van der Waals surface area contributed by atoms with Gasteiger partial charge in [0, 0.05) is 6.54 Å². The van der Waals surface area contributed by atoms with Crippen LogP contribution in [0.4, 0.5) is 8.78 Å². The Kier molecular flexibility index (Phi) is 3.73. The molecule has 0 atom stereocenters. The van der Waals surface area contributed by atoms with Gasteiger partial charge in [0.15, 0.2) is 0 Å². The van der Waals surface area contributed by atoms with Crippen molar-refractivity contribution in [3.8, 4) is 6.07 Å². The van der Waals surface area contributed by atoms with E-state index in [0.717, 1.165) is 0 Å². The summed E-state index contributed by atoms with van der Waals surface area (Å²) in [5.74, 6) is -5.28. The number of aliphatic hydroxyl groups is 1. The van der Waals surface area contributed by atoms with Gasteiger partial charge in [-0.1, -0.05) is 12.1 Å². The average Bonchev–Trinajstić information content (AvgIpc) is 2.42. The van der Waals surface area contributed by atoms with Crippen LogP contribution in [0.25, 0.3) is 0 Å². The van der Waals surface area contributed by atoms with Crippen molar-refractivity contribution < 1.29 is 18.7 Å². The largest absolute Gasteiger partial charge is 0.383 e. The number of hydrogen-bond donors (Lipinski definition) is 2. The molecule has 1 fully saturated rings. The molecule has 0 spiro atoms. The fraction of sp³-hybridized carbons (Fsp3) is 0.429. The molecule has 6 heteroatoms. The Labute approximate surface area is 115 Å². The first-order valence-electron chi connectivity index (χ1n) is 6.26. The fourth-order valence-corrected chi connectivity index (χ4v) is 2.08. The Morgan fingerprint density at radius 3 is 2.75 bits per heavy atom. The Bertz CT molecular complexity index is 563. The van der Waals surface area contributed by atoms with Gasteiger partial charge in [-0.25, -0.2) is 0 Å². The SMILES string of the molecule is N#Cc1cccc(CNC(=O)C(F)(F)C2(O)CCC2)c1. The summed E-state index contributed by atoms with van der Waals surface area (Å²) in [6, 6.07) is 8.25. The maximum absolute atomic E-state index is 13.8. The number of hydrogen-bond acceptors (Lipinski definition) is 3. The summed E-state index contributed by atoms with van der Waals surface area (Å²) in [5.41, 5.74) is -1.28. The van der Waals surface area contributed by atoms with E-state index in [1.807, 2.05) is 6.07 Å². The van der Waals surface area contributed by atoms with Crippen molar-refractivity contribution in [2.75, 3.05) is 0 Å². The molecule has 0 heterocycles. The van der Waals surface area contributed by atoms with Crippen molar-refractivity contribution in [3.63, 3.8) is 0 Å². The molecule has 1 aromatic rings. The first-order valence-corrected chi connectivity index (χ1v) is 6.26. The van der Waals surface area contributed by atoms with Crippen LogP contribution in [0.1, 0.15) is 30.4 Å². The van der Waals surface area contributed by atoms with Crippen molar-refractivity contribution in [1.29, 1.82) is 5.26 Å². The van der Waals surface area contributed by atoms with E-state index >= 15 is 0 Å². The zero-order chi connectivity index (χ0) is 14.8. The summed E-state index contributed by atoms with van der Waals surface area (Å²) in [6.07, 6.45) is 0.345. The zero-order valence-corrected chi connectivity index (χ0v) is 10.7. The molecule has 0 aliphatic heterocycles.